The van der Waals surface area contributed by atoms with Crippen molar-refractivity contribution >= 4 is 0 Å². The van der Waals surface area contributed by atoms with Gasteiger partial charge in [-0.2, -0.15) is 10.1 Å². The zero-order chi connectivity index (χ0) is 16.5. The van der Waals surface area contributed by atoms with Crippen molar-refractivity contribution in [3.8, 4) is 0 Å². The van der Waals surface area contributed by atoms with Crippen molar-refractivity contribution in [2.75, 3.05) is 13.1 Å². The van der Waals surface area contributed by atoms with Gasteiger partial charge in [0.1, 0.15) is 0 Å². The molecule has 2 aromatic rings. The summed E-state index contributed by atoms with van der Waals surface area (Å²) in [5.41, 5.74) is 1.10. The van der Waals surface area contributed by atoms with E-state index in [0.29, 0.717) is 17.7 Å². The van der Waals surface area contributed by atoms with Gasteiger partial charge < -0.3 is 4.52 Å². The molecule has 0 radical (unpaired) electrons. The molecule has 7 heteroatoms. The van der Waals surface area contributed by atoms with Crippen molar-refractivity contribution in [1.82, 2.24) is 24.8 Å². The Kier molecular flexibility index (Phi) is 4.18. The van der Waals surface area contributed by atoms with Gasteiger partial charge in [0.25, 0.3) is 5.56 Å². The molecule has 0 atom stereocenters. The Morgan fingerprint density at radius 1 is 1.21 bits per heavy atom. The Labute approximate surface area is 140 Å². The number of aryl methyl sites for hydroxylation is 1. The Morgan fingerprint density at radius 3 is 2.67 bits per heavy atom. The predicted octanol–water partition coefficient (Wildman–Crippen LogP) is 1.72. The fourth-order valence-corrected chi connectivity index (χ4v) is 3.37. The Morgan fingerprint density at radius 2 is 2.00 bits per heavy atom. The van der Waals surface area contributed by atoms with E-state index in [1.54, 1.807) is 10.7 Å². The molecule has 4 rings (SSSR count). The van der Waals surface area contributed by atoms with Crippen LogP contribution < -0.4 is 5.56 Å². The first-order valence-electron chi connectivity index (χ1n) is 8.77. The molecule has 24 heavy (non-hydrogen) atoms. The van der Waals surface area contributed by atoms with Crippen LogP contribution in [0, 0.1) is 12.8 Å². The first-order valence-corrected chi connectivity index (χ1v) is 8.77. The SMILES string of the molecule is Cc1nc(CN2CCC(Cn3nc(C4CC4)ccc3=O)CC2)no1. The minimum Gasteiger partial charge on any atom is -0.340 e. The first-order chi connectivity index (χ1) is 11.7. The Hall–Kier alpha value is -2.02. The molecule has 0 amide bonds. The van der Waals surface area contributed by atoms with Crippen molar-refractivity contribution in [1.29, 1.82) is 0 Å². The lowest BCUT2D eigenvalue weighted by Crippen LogP contribution is -2.36. The highest BCUT2D eigenvalue weighted by atomic mass is 16.5. The molecule has 0 aromatic carbocycles. The maximum Gasteiger partial charge on any atom is 0.266 e. The molecule has 0 bridgehead atoms. The molecule has 128 valence electrons. The Bertz CT molecular complexity index is 756. The molecule has 1 saturated carbocycles. The van der Waals surface area contributed by atoms with Crippen molar-refractivity contribution in [2.24, 2.45) is 5.92 Å². The second kappa shape index (κ2) is 6.47. The van der Waals surface area contributed by atoms with E-state index >= 15 is 0 Å². The number of likely N-dealkylation sites (tertiary alicyclic amines) is 1. The van der Waals surface area contributed by atoms with E-state index in [2.05, 4.69) is 20.1 Å². The van der Waals surface area contributed by atoms with Crippen LogP contribution >= 0.6 is 0 Å². The summed E-state index contributed by atoms with van der Waals surface area (Å²) >= 11 is 0. The standard InChI is InChI=1S/C17H23N5O2/c1-12-18-16(20-24-12)11-21-8-6-13(7-9-21)10-22-17(23)5-4-15(19-22)14-2-3-14/h4-5,13-14H,2-3,6-11H2,1H3. The smallest absolute Gasteiger partial charge is 0.266 e. The molecule has 1 saturated heterocycles. The lowest BCUT2D eigenvalue weighted by Gasteiger charge is -2.31. The molecule has 2 aromatic heterocycles. The number of hydrogen-bond donors (Lipinski definition) is 0. The van der Waals surface area contributed by atoms with Gasteiger partial charge in [0.05, 0.1) is 12.2 Å². The van der Waals surface area contributed by atoms with Gasteiger partial charge >= 0.3 is 0 Å². The minimum absolute atomic E-state index is 0.0177. The fourth-order valence-electron chi connectivity index (χ4n) is 3.37. The van der Waals surface area contributed by atoms with Crippen LogP contribution in [0.1, 0.15) is 49.0 Å². The number of nitrogens with zero attached hydrogens (tertiary/aromatic N) is 5. The lowest BCUT2D eigenvalue weighted by atomic mass is 9.97. The lowest BCUT2D eigenvalue weighted by molar-refractivity contribution is 0.159. The highest BCUT2D eigenvalue weighted by Gasteiger charge is 2.26. The minimum atomic E-state index is 0.0177. The zero-order valence-corrected chi connectivity index (χ0v) is 14.0. The van der Waals surface area contributed by atoms with Gasteiger partial charge in [0, 0.05) is 25.5 Å². The molecular formula is C17H23N5O2. The van der Waals surface area contributed by atoms with Gasteiger partial charge in [0.15, 0.2) is 5.82 Å². The number of hydrogen-bond acceptors (Lipinski definition) is 6. The summed E-state index contributed by atoms with van der Waals surface area (Å²) in [6, 6.07) is 3.57. The number of rotatable bonds is 5. The summed E-state index contributed by atoms with van der Waals surface area (Å²) < 4.78 is 6.70. The summed E-state index contributed by atoms with van der Waals surface area (Å²) in [7, 11) is 0. The molecule has 3 heterocycles. The summed E-state index contributed by atoms with van der Waals surface area (Å²) in [6.45, 7) is 5.27. The summed E-state index contributed by atoms with van der Waals surface area (Å²) in [4.78, 5) is 18.7. The molecule has 0 unspecified atom stereocenters. The molecule has 2 fully saturated rings. The van der Waals surface area contributed by atoms with Crippen LogP contribution in [0.5, 0.6) is 0 Å². The quantitative estimate of drug-likeness (QED) is 0.831. The van der Waals surface area contributed by atoms with E-state index in [0.717, 1.165) is 50.5 Å². The normalized spacial score (nSPS) is 19.7. The highest BCUT2D eigenvalue weighted by molar-refractivity contribution is 5.12. The van der Waals surface area contributed by atoms with Gasteiger partial charge in [-0.3, -0.25) is 9.69 Å². The van der Waals surface area contributed by atoms with E-state index in [4.69, 9.17) is 4.52 Å². The van der Waals surface area contributed by atoms with E-state index in [1.807, 2.05) is 13.0 Å². The van der Waals surface area contributed by atoms with E-state index in [1.165, 1.54) is 12.8 Å². The predicted molar refractivity (Wildman–Crippen MR) is 87.5 cm³/mol. The first kappa shape index (κ1) is 15.5. The van der Waals surface area contributed by atoms with Crippen molar-refractivity contribution < 1.29 is 4.52 Å². The monoisotopic (exact) mass is 329 g/mol. The van der Waals surface area contributed by atoms with Crippen molar-refractivity contribution in [2.45, 2.75) is 51.6 Å². The molecule has 1 aliphatic carbocycles. The van der Waals surface area contributed by atoms with Crippen LogP contribution in [0.3, 0.4) is 0 Å². The summed E-state index contributed by atoms with van der Waals surface area (Å²) in [5, 5.41) is 8.53. The molecular weight excluding hydrogens is 306 g/mol. The van der Waals surface area contributed by atoms with E-state index in [-0.39, 0.29) is 5.56 Å². The van der Waals surface area contributed by atoms with E-state index in [9.17, 15) is 4.79 Å². The van der Waals surface area contributed by atoms with Crippen LogP contribution in [0.4, 0.5) is 0 Å². The van der Waals surface area contributed by atoms with E-state index < -0.39 is 0 Å². The average Bonchev–Trinajstić information content (AvgIpc) is 3.35. The highest BCUT2D eigenvalue weighted by Crippen LogP contribution is 2.38. The molecule has 7 nitrogen and oxygen atoms in total. The van der Waals surface area contributed by atoms with Crippen LogP contribution in [0.2, 0.25) is 0 Å². The van der Waals surface area contributed by atoms with Gasteiger partial charge in [-0.25, -0.2) is 4.68 Å². The van der Waals surface area contributed by atoms with Crippen LogP contribution in [0.15, 0.2) is 21.5 Å². The van der Waals surface area contributed by atoms with Gasteiger partial charge in [-0.1, -0.05) is 5.16 Å². The topological polar surface area (TPSA) is 77.1 Å². The maximum atomic E-state index is 12.1. The van der Waals surface area contributed by atoms with Gasteiger partial charge in [0.2, 0.25) is 5.89 Å². The second-order valence-electron chi connectivity index (χ2n) is 7.00. The largest absolute Gasteiger partial charge is 0.340 e. The van der Waals surface area contributed by atoms with Gasteiger partial charge in [-0.15, -0.1) is 0 Å². The molecule has 1 aliphatic heterocycles. The third-order valence-corrected chi connectivity index (χ3v) is 4.96. The van der Waals surface area contributed by atoms with Crippen LogP contribution in [0.25, 0.3) is 0 Å². The third-order valence-electron chi connectivity index (χ3n) is 4.96. The molecule has 2 aliphatic rings. The summed E-state index contributed by atoms with van der Waals surface area (Å²) in [6.07, 6.45) is 4.55. The average molecular weight is 329 g/mol. The molecule has 0 N–H and O–H groups in total. The zero-order valence-electron chi connectivity index (χ0n) is 14.0. The summed E-state index contributed by atoms with van der Waals surface area (Å²) in [5.74, 6) is 2.45. The Balaban J connectivity index is 1.33. The maximum absolute atomic E-state index is 12.1. The number of aromatic nitrogens is 4. The molecule has 0 spiro atoms. The second-order valence-corrected chi connectivity index (χ2v) is 7.00. The van der Waals surface area contributed by atoms with Crippen molar-refractivity contribution in [3.63, 3.8) is 0 Å². The van der Waals surface area contributed by atoms with Crippen molar-refractivity contribution in [3.05, 3.63) is 39.9 Å². The number of piperidine rings is 1. The van der Waals surface area contributed by atoms with Gasteiger partial charge in [-0.05, 0) is 50.8 Å². The fraction of sp³-hybridized carbons (Fsp3) is 0.647. The van der Waals surface area contributed by atoms with Crippen LogP contribution in [-0.2, 0) is 13.1 Å². The third kappa shape index (κ3) is 3.56. The van der Waals surface area contributed by atoms with Crippen LogP contribution in [-0.4, -0.2) is 37.9 Å².